The number of rotatable bonds is 5. The summed E-state index contributed by atoms with van der Waals surface area (Å²) in [4.78, 5) is 25.3. The van der Waals surface area contributed by atoms with E-state index in [1.807, 2.05) is 0 Å². The zero-order valence-corrected chi connectivity index (χ0v) is 12.9. The van der Waals surface area contributed by atoms with Crippen LogP contribution in [0.3, 0.4) is 0 Å². The normalized spacial score (nSPS) is 14.4. The number of ether oxygens (including phenoxy) is 1. The first-order valence-electron chi connectivity index (χ1n) is 6.56. The number of nitrogens with zero attached hydrogens (tertiary/aromatic N) is 1. The number of hydrogen-bond acceptors (Lipinski definition) is 6. The van der Waals surface area contributed by atoms with Crippen LogP contribution in [0.25, 0.3) is 0 Å². The molecular formula is C14H14ClFN2O5. The number of halogens is 2. The van der Waals surface area contributed by atoms with E-state index in [0.29, 0.717) is 0 Å². The molecule has 1 aromatic rings. The molecule has 0 aromatic heterocycles. The zero-order chi connectivity index (χ0) is 17.1. The highest BCUT2D eigenvalue weighted by molar-refractivity contribution is 6.32. The summed E-state index contributed by atoms with van der Waals surface area (Å²) in [6, 6.07) is 2.33. The third-order valence-corrected chi connectivity index (χ3v) is 3.63. The number of hydrogen-bond donors (Lipinski definition) is 3. The van der Waals surface area contributed by atoms with Gasteiger partial charge in [-0.15, -0.1) is 0 Å². The van der Waals surface area contributed by atoms with Crippen LogP contribution in [0.4, 0.5) is 10.1 Å². The average Bonchev–Trinajstić information content (AvgIpc) is 2.84. The first-order chi connectivity index (χ1) is 10.9. The molecule has 1 aliphatic rings. The van der Waals surface area contributed by atoms with Crippen molar-refractivity contribution in [2.45, 2.75) is 0 Å². The van der Waals surface area contributed by atoms with Crippen LogP contribution >= 0.6 is 11.6 Å². The maximum absolute atomic E-state index is 14.0. The Bertz CT molecular complexity index is 692. The number of carbonyl (C=O) groups excluding carboxylic acids is 2. The number of anilines is 1. The molecule has 23 heavy (non-hydrogen) atoms. The van der Waals surface area contributed by atoms with Gasteiger partial charge in [0.2, 0.25) is 0 Å². The number of aliphatic hydroxyl groups is 1. The Balaban J connectivity index is 2.39. The average molecular weight is 345 g/mol. The van der Waals surface area contributed by atoms with Crippen LogP contribution in [-0.4, -0.2) is 53.8 Å². The van der Waals surface area contributed by atoms with Crippen molar-refractivity contribution < 1.29 is 28.9 Å². The monoisotopic (exact) mass is 344 g/mol. The summed E-state index contributed by atoms with van der Waals surface area (Å²) in [7, 11) is 1.16. The second-order valence-electron chi connectivity index (χ2n) is 4.68. The fraction of sp³-hybridized carbons (Fsp3) is 0.286. The topological polar surface area (TPSA) is 99.1 Å². The van der Waals surface area contributed by atoms with Crippen LogP contribution in [0.15, 0.2) is 23.4 Å². The Labute approximate surface area is 135 Å². The number of benzene rings is 1. The molecule has 1 aromatic carbocycles. The quantitative estimate of drug-likeness (QED) is 0.541. The molecule has 0 bridgehead atoms. The zero-order valence-electron chi connectivity index (χ0n) is 12.1. The smallest absolute Gasteiger partial charge is 0.337 e. The Morgan fingerprint density at radius 3 is 2.83 bits per heavy atom. The van der Waals surface area contributed by atoms with Gasteiger partial charge in [0.1, 0.15) is 16.5 Å². The summed E-state index contributed by atoms with van der Waals surface area (Å²) in [6.07, 6.45) is 0. The van der Waals surface area contributed by atoms with Crippen molar-refractivity contribution in [3.8, 4) is 5.75 Å². The number of nitrogens with one attached hydrogen (secondary N) is 1. The molecule has 3 N–H and O–H groups in total. The number of aromatic hydroxyl groups is 1. The number of amides is 1. The lowest BCUT2D eigenvalue weighted by Crippen LogP contribution is -2.31. The lowest BCUT2D eigenvalue weighted by molar-refractivity contribution is -0.136. The fourth-order valence-electron chi connectivity index (χ4n) is 2.12. The van der Waals surface area contributed by atoms with Crippen molar-refractivity contribution in [1.82, 2.24) is 4.90 Å². The molecule has 0 aliphatic carbocycles. The summed E-state index contributed by atoms with van der Waals surface area (Å²) < 4.78 is 18.7. The minimum absolute atomic E-state index is 0.00884. The van der Waals surface area contributed by atoms with Crippen molar-refractivity contribution in [3.05, 3.63) is 34.2 Å². The molecule has 0 unspecified atom stereocenters. The molecule has 1 aliphatic heterocycles. The van der Waals surface area contributed by atoms with E-state index in [0.717, 1.165) is 13.2 Å². The SMILES string of the molecule is COC(=O)C1=C(Nc2ccc(O)c(Cl)c2F)C(=O)N(CCO)C1. The van der Waals surface area contributed by atoms with Crippen LogP contribution in [0.5, 0.6) is 5.75 Å². The van der Waals surface area contributed by atoms with Gasteiger partial charge in [0, 0.05) is 6.54 Å². The summed E-state index contributed by atoms with van der Waals surface area (Å²) in [5, 5.41) is 20.3. The molecule has 124 valence electrons. The van der Waals surface area contributed by atoms with Crippen LogP contribution in [0.1, 0.15) is 0 Å². The van der Waals surface area contributed by atoms with Crippen molar-refractivity contribution in [2.75, 3.05) is 32.1 Å². The Morgan fingerprint density at radius 2 is 2.22 bits per heavy atom. The molecule has 1 amide bonds. The van der Waals surface area contributed by atoms with Gasteiger partial charge in [-0.25, -0.2) is 9.18 Å². The summed E-state index contributed by atoms with van der Waals surface area (Å²) in [5.41, 5.74) is -0.330. The van der Waals surface area contributed by atoms with Gasteiger partial charge in [-0.05, 0) is 12.1 Å². The molecule has 0 saturated heterocycles. The van der Waals surface area contributed by atoms with Crippen LogP contribution < -0.4 is 5.32 Å². The molecule has 0 spiro atoms. The standard InChI is InChI=1S/C14H14ClFN2O5/c1-23-14(22)7-6-18(4-5-19)13(21)12(7)17-8-2-3-9(20)10(15)11(8)16/h2-3,17,19-20H,4-6H2,1H3. The van der Waals surface area contributed by atoms with Crippen molar-refractivity contribution in [1.29, 1.82) is 0 Å². The maximum atomic E-state index is 14.0. The third-order valence-electron chi connectivity index (χ3n) is 3.28. The first-order valence-corrected chi connectivity index (χ1v) is 6.94. The Kier molecular flexibility index (Phi) is 5.07. The largest absolute Gasteiger partial charge is 0.506 e. The third kappa shape index (κ3) is 3.22. The van der Waals surface area contributed by atoms with E-state index in [9.17, 15) is 19.1 Å². The lowest BCUT2D eigenvalue weighted by Gasteiger charge is -2.15. The van der Waals surface area contributed by atoms with E-state index < -0.39 is 28.5 Å². The number of phenols is 1. The molecule has 9 heteroatoms. The van der Waals surface area contributed by atoms with Gasteiger partial charge < -0.3 is 25.2 Å². The number of phenolic OH excluding ortho intramolecular Hbond substituents is 1. The molecule has 1 heterocycles. The number of aliphatic hydroxyl groups excluding tert-OH is 1. The summed E-state index contributed by atoms with van der Waals surface area (Å²) >= 11 is 5.61. The van der Waals surface area contributed by atoms with Gasteiger partial charge in [0.05, 0.1) is 31.5 Å². The molecule has 0 atom stereocenters. The number of β-amino-alcohol motifs (C(OH)–C–C–N with tert-alkyl or cyclic N) is 1. The van der Waals surface area contributed by atoms with Crippen molar-refractivity contribution in [3.63, 3.8) is 0 Å². The molecule has 0 saturated carbocycles. The molecule has 2 rings (SSSR count). The fourth-order valence-corrected chi connectivity index (χ4v) is 2.28. The highest BCUT2D eigenvalue weighted by Gasteiger charge is 2.35. The van der Waals surface area contributed by atoms with Crippen LogP contribution in [-0.2, 0) is 14.3 Å². The van der Waals surface area contributed by atoms with Gasteiger partial charge in [-0.3, -0.25) is 4.79 Å². The number of methoxy groups -OCH3 is 1. The Hall–Kier alpha value is -2.32. The van der Waals surface area contributed by atoms with Crippen molar-refractivity contribution in [2.24, 2.45) is 0 Å². The van der Waals surface area contributed by atoms with E-state index in [1.165, 1.54) is 11.0 Å². The highest BCUT2D eigenvalue weighted by atomic mass is 35.5. The number of esters is 1. The lowest BCUT2D eigenvalue weighted by atomic mass is 10.2. The van der Waals surface area contributed by atoms with Crippen molar-refractivity contribution >= 4 is 29.2 Å². The van der Waals surface area contributed by atoms with Gasteiger partial charge in [0.25, 0.3) is 5.91 Å². The second-order valence-corrected chi connectivity index (χ2v) is 5.06. The summed E-state index contributed by atoms with van der Waals surface area (Å²) in [6.45, 7) is -0.335. The van der Waals surface area contributed by atoms with E-state index in [1.54, 1.807) is 0 Å². The minimum atomic E-state index is -0.961. The number of carbonyl (C=O) groups is 2. The van der Waals surface area contributed by atoms with Gasteiger partial charge in [-0.1, -0.05) is 11.6 Å². The van der Waals surface area contributed by atoms with E-state index in [2.05, 4.69) is 10.1 Å². The second kappa shape index (κ2) is 6.84. The Morgan fingerprint density at radius 1 is 1.52 bits per heavy atom. The molecule has 0 radical (unpaired) electrons. The van der Waals surface area contributed by atoms with Crippen LogP contribution in [0.2, 0.25) is 5.02 Å². The highest BCUT2D eigenvalue weighted by Crippen LogP contribution is 2.32. The molecular weight excluding hydrogens is 331 g/mol. The predicted molar refractivity (Wildman–Crippen MR) is 79.4 cm³/mol. The molecule has 7 nitrogen and oxygen atoms in total. The maximum Gasteiger partial charge on any atom is 0.337 e. The van der Waals surface area contributed by atoms with Gasteiger partial charge in [-0.2, -0.15) is 0 Å². The molecule has 0 fully saturated rings. The van der Waals surface area contributed by atoms with Gasteiger partial charge >= 0.3 is 5.97 Å². The predicted octanol–water partition coefficient (Wildman–Crippen LogP) is 0.858. The summed E-state index contributed by atoms with van der Waals surface area (Å²) in [5.74, 6) is -2.73. The van der Waals surface area contributed by atoms with E-state index in [-0.39, 0.29) is 36.7 Å². The first kappa shape index (κ1) is 17.0. The van der Waals surface area contributed by atoms with E-state index in [4.69, 9.17) is 16.7 Å². The van der Waals surface area contributed by atoms with E-state index >= 15 is 0 Å². The van der Waals surface area contributed by atoms with Gasteiger partial charge in [0.15, 0.2) is 5.82 Å². The van der Waals surface area contributed by atoms with Crippen LogP contribution in [0, 0.1) is 5.82 Å². The minimum Gasteiger partial charge on any atom is -0.506 e.